The van der Waals surface area contributed by atoms with E-state index in [1.54, 1.807) is 6.19 Å². The quantitative estimate of drug-likeness (QED) is 0.278. The van der Waals surface area contributed by atoms with E-state index in [2.05, 4.69) is 10.3 Å². The molecule has 2 fully saturated rings. The Morgan fingerprint density at radius 1 is 1.07 bits per heavy atom. The van der Waals surface area contributed by atoms with Gasteiger partial charge in [0.25, 0.3) is 5.91 Å². The highest BCUT2D eigenvalue weighted by molar-refractivity contribution is 8.45. The Morgan fingerprint density at radius 3 is 2.24 bits per heavy atom. The second kappa shape index (κ2) is 10.2. The zero-order valence-corrected chi connectivity index (χ0v) is 22.3. The maximum Gasteiger partial charge on any atom is 0.310 e. The van der Waals surface area contributed by atoms with Gasteiger partial charge in [-0.1, -0.05) is 19.4 Å². The van der Waals surface area contributed by atoms with E-state index in [1.807, 2.05) is 0 Å². The van der Waals surface area contributed by atoms with E-state index in [4.69, 9.17) is 0 Å². The summed E-state index contributed by atoms with van der Waals surface area (Å²) in [5.74, 6) is -6.41. The van der Waals surface area contributed by atoms with Crippen LogP contribution < -0.4 is 10.2 Å². The molecular formula is C25H24F9N5O2S. The van der Waals surface area contributed by atoms with Crippen molar-refractivity contribution in [2.24, 2.45) is 0 Å². The molecule has 2 aromatic rings. The number of nitriles is 1. The third-order valence-corrected chi connectivity index (χ3v) is 8.28. The monoisotopic (exact) mass is 629 g/mol. The summed E-state index contributed by atoms with van der Waals surface area (Å²) >= 11 is 0. The highest BCUT2D eigenvalue weighted by Gasteiger charge is 2.65. The van der Waals surface area contributed by atoms with Gasteiger partial charge in [-0.2, -0.15) is 5.26 Å². The molecule has 0 bridgehead atoms. The predicted octanol–water partition coefficient (Wildman–Crippen LogP) is 6.54. The number of rotatable bonds is 7. The van der Waals surface area contributed by atoms with Gasteiger partial charge in [-0.3, -0.25) is 24.4 Å². The molecule has 1 aliphatic heterocycles. The van der Waals surface area contributed by atoms with Gasteiger partial charge >= 0.3 is 10.2 Å². The number of anilines is 1. The first kappa shape index (κ1) is 31.3. The number of carbonyl (C=O) groups excluding carboxylic acids is 2. The summed E-state index contributed by atoms with van der Waals surface area (Å²) in [5.41, 5.74) is -0.946. The Balaban J connectivity index is 1.83. The number of benzene rings is 1. The molecule has 1 saturated carbocycles. The fourth-order valence-electron chi connectivity index (χ4n) is 5.02. The minimum Gasteiger partial charge on any atom is -0.351 e. The molecule has 3 atom stereocenters. The smallest absolute Gasteiger partial charge is 0.310 e. The minimum atomic E-state index is -10.2. The molecule has 7 nitrogen and oxygen atoms in total. The van der Waals surface area contributed by atoms with Gasteiger partial charge in [-0.15, -0.1) is 0 Å². The number of pyridine rings is 1. The average molecular weight is 630 g/mol. The third kappa shape index (κ3) is 6.85. The molecule has 1 saturated heterocycles. The Morgan fingerprint density at radius 2 is 1.69 bits per heavy atom. The van der Waals surface area contributed by atoms with Gasteiger partial charge in [0.2, 0.25) is 11.8 Å². The van der Waals surface area contributed by atoms with Crippen molar-refractivity contribution in [3.63, 3.8) is 0 Å². The molecule has 1 unspecified atom stereocenters. The van der Waals surface area contributed by atoms with Crippen LogP contribution in [0, 0.1) is 17.3 Å². The van der Waals surface area contributed by atoms with Crippen LogP contribution in [0.25, 0.3) is 0 Å². The molecule has 1 aromatic carbocycles. The number of nitrogens with one attached hydrogen (secondary N) is 1. The average Bonchev–Trinajstić information content (AvgIpc) is 3.27. The standard InChI is InChI=1S/C25H24F9N5O2S/c26-16-11-15(12-36-13-16)21(23(40)37-17-5-8-25(28,29)9-6-17)39(24(41)22-20(27)7-10-38(22)14-35)18-1-3-19(4-2-18)42(30,31,32,33)34/h1-4,11-13,17,20-22H,5-10H2,(H,37,40)/t20-,21?,22-/m1/s1. The van der Waals surface area contributed by atoms with Crippen molar-refractivity contribution < 1.29 is 46.6 Å². The van der Waals surface area contributed by atoms with Crippen molar-refractivity contribution in [3.8, 4) is 6.19 Å². The molecule has 42 heavy (non-hydrogen) atoms. The Kier molecular flexibility index (Phi) is 7.63. The van der Waals surface area contributed by atoms with Crippen molar-refractivity contribution in [3.05, 3.63) is 54.1 Å². The molecular weight excluding hydrogens is 605 g/mol. The van der Waals surface area contributed by atoms with Crippen LogP contribution in [0.3, 0.4) is 0 Å². The Bertz CT molecular complexity index is 1390. The van der Waals surface area contributed by atoms with Crippen LogP contribution in [0.15, 0.2) is 47.6 Å². The zero-order valence-electron chi connectivity index (χ0n) is 21.5. The largest absolute Gasteiger partial charge is 0.351 e. The van der Waals surface area contributed by atoms with E-state index in [-0.39, 0.29) is 43.5 Å². The van der Waals surface area contributed by atoms with Crippen LogP contribution in [0.4, 0.5) is 42.7 Å². The van der Waals surface area contributed by atoms with Gasteiger partial charge in [0, 0.05) is 42.9 Å². The summed E-state index contributed by atoms with van der Waals surface area (Å²) in [6.45, 7) is -0.222. The molecule has 4 rings (SSSR count). The van der Waals surface area contributed by atoms with Gasteiger partial charge < -0.3 is 5.32 Å². The lowest BCUT2D eigenvalue weighted by Crippen LogP contribution is -2.53. The molecule has 17 heteroatoms. The molecule has 0 spiro atoms. The molecule has 1 aliphatic carbocycles. The number of halogens is 9. The number of likely N-dealkylation sites (tertiary alicyclic amines) is 1. The third-order valence-electron chi connectivity index (χ3n) is 7.12. The summed E-state index contributed by atoms with van der Waals surface area (Å²) in [4.78, 5) is 30.1. The zero-order chi connectivity index (χ0) is 31.2. The van der Waals surface area contributed by atoms with Gasteiger partial charge in [0.05, 0.1) is 6.20 Å². The summed E-state index contributed by atoms with van der Waals surface area (Å²) in [7, 11) is -10.2. The molecule has 1 aromatic heterocycles. The van der Waals surface area contributed by atoms with Crippen molar-refractivity contribution in [2.75, 3.05) is 11.4 Å². The van der Waals surface area contributed by atoms with Crippen molar-refractivity contribution in [1.82, 2.24) is 15.2 Å². The van der Waals surface area contributed by atoms with Crippen molar-refractivity contribution in [2.45, 2.75) is 67.2 Å². The van der Waals surface area contributed by atoms with Crippen LogP contribution >= 0.6 is 10.2 Å². The maximum absolute atomic E-state index is 14.9. The molecule has 0 radical (unpaired) electrons. The molecule has 2 heterocycles. The summed E-state index contributed by atoms with van der Waals surface area (Å²) < 4.78 is 124. The van der Waals surface area contributed by atoms with Crippen LogP contribution in [0.1, 0.15) is 43.7 Å². The second-order valence-corrected chi connectivity index (χ2v) is 12.6. The Labute approximate surface area is 234 Å². The summed E-state index contributed by atoms with van der Waals surface area (Å²) in [6.07, 6.45) is -0.494. The van der Waals surface area contributed by atoms with E-state index < -0.39 is 81.5 Å². The normalized spacial score (nSPS) is 23.3. The number of nitrogens with zero attached hydrogens (tertiary/aromatic N) is 4. The predicted molar refractivity (Wildman–Crippen MR) is 133 cm³/mol. The van der Waals surface area contributed by atoms with Gasteiger partial charge in [-0.25, -0.2) is 17.6 Å². The molecule has 2 aliphatic rings. The van der Waals surface area contributed by atoms with E-state index in [1.165, 1.54) is 0 Å². The van der Waals surface area contributed by atoms with Crippen LogP contribution in [-0.4, -0.2) is 52.4 Å². The van der Waals surface area contributed by atoms with Crippen LogP contribution in [-0.2, 0) is 9.59 Å². The number of amides is 2. The van der Waals surface area contributed by atoms with E-state index in [0.29, 0.717) is 17.0 Å². The number of aromatic nitrogens is 1. The highest BCUT2D eigenvalue weighted by Crippen LogP contribution is 3.02. The summed E-state index contributed by atoms with van der Waals surface area (Å²) in [5, 5.41) is 11.9. The molecule has 1 N–H and O–H groups in total. The topological polar surface area (TPSA) is 89.3 Å². The van der Waals surface area contributed by atoms with E-state index in [9.17, 15) is 51.8 Å². The first-order valence-electron chi connectivity index (χ1n) is 12.6. The molecule has 2 amide bonds. The number of carbonyl (C=O) groups is 2. The number of hydrogen-bond donors (Lipinski definition) is 1. The second-order valence-electron chi connectivity index (χ2n) is 10.2. The minimum absolute atomic E-state index is 0.0250. The van der Waals surface area contributed by atoms with E-state index >= 15 is 0 Å². The van der Waals surface area contributed by atoms with Gasteiger partial charge in [0.1, 0.15) is 29.0 Å². The molecule has 230 valence electrons. The van der Waals surface area contributed by atoms with Crippen LogP contribution in [0.2, 0.25) is 0 Å². The first-order chi connectivity index (χ1) is 19.3. The van der Waals surface area contributed by atoms with Gasteiger partial charge in [-0.05, 0) is 49.6 Å². The lowest BCUT2D eigenvalue weighted by atomic mass is 9.91. The summed E-state index contributed by atoms with van der Waals surface area (Å²) in [6, 6.07) is -3.07. The van der Waals surface area contributed by atoms with Crippen molar-refractivity contribution in [1.29, 1.82) is 5.26 Å². The fraction of sp³-hybridized carbons (Fsp3) is 0.440. The lowest BCUT2D eigenvalue weighted by Gasteiger charge is -2.41. The first-order valence-corrected chi connectivity index (χ1v) is 14.5. The van der Waals surface area contributed by atoms with E-state index in [0.717, 1.165) is 23.4 Å². The number of alkyl halides is 3. The Hall–Kier alpha value is -3.68. The highest BCUT2D eigenvalue weighted by atomic mass is 32.5. The van der Waals surface area contributed by atoms with Gasteiger partial charge in [0.15, 0.2) is 6.19 Å². The fourth-order valence-corrected chi connectivity index (χ4v) is 5.68. The number of hydrogen-bond acceptors (Lipinski definition) is 5. The van der Waals surface area contributed by atoms with Crippen molar-refractivity contribution >= 4 is 27.7 Å². The van der Waals surface area contributed by atoms with Crippen LogP contribution in [0.5, 0.6) is 0 Å². The SMILES string of the molecule is N#CN1CC[C@@H](F)[C@@H]1C(=O)N(c1ccc(S(F)(F)(F)(F)F)cc1)C(C(=O)NC1CCC(F)(F)CC1)c1cncc(F)c1. The lowest BCUT2D eigenvalue weighted by molar-refractivity contribution is -0.129. The maximum atomic E-state index is 14.9.